The Labute approximate surface area is 259 Å². The van der Waals surface area contributed by atoms with Crippen LogP contribution in [0.2, 0.25) is 0 Å². The summed E-state index contributed by atoms with van der Waals surface area (Å²) >= 11 is 0. The first-order valence-corrected chi connectivity index (χ1v) is 20.0. The summed E-state index contributed by atoms with van der Waals surface area (Å²) in [6, 6.07) is 56.1. The number of rotatable bonds is 10. The van der Waals surface area contributed by atoms with Crippen LogP contribution in [0.5, 0.6) is 0 Å². The molecule has 0 bridgehead atoms. The first-order valence-electron chi connectivity index (χ1n) is 14.6. The van der Waals surface area contributed by atoms with Gasteiger partial charge in [-0.15, -0.1) is 0 Å². The highest BCUT2D eigenvalue weighted by Crippen LogP contribution is 2.69. The summed E-state index contributed by atoms with van der Waals surface area (Å²) in [5, 5.41) is 2.66. The Bertz CT molecular complexity index is 1720. The van der Waals surface area contributed by atoms with Gasteiger partial charge in [-0.2, -0.15) is 0 Å². The predicted octanol–water partition coefficient (Wildman–Crippen LogP) is 7.35. The Morgan fingerprint density at radius 1 is 0.318 bits per heavy atom. The van der Waals surface area contributed by atoms with Crippen LogP contribution in [0.25, 0.3) is 0 Å². The van der Waals surface area contributed by atoms with Crippen LogP contribution in [0.3, 0.4) is 0 Å². The van der Waals surface area contributed by atoms with Crippen molar-refractivity contribution in [1.29, 1.82) is 0 Å². The van der Waals surface area contributed by atoms with E-state index in [9.17, 15) is 0 Å². The quantitative estimate of drug-likeness (QED) is 0.149. The molecule has 0 aromatic heterocycles. The van der Waals surface area contributed by atoms with Gasteiger partial charge >= 0.3 is 0 Å². The molecule has 0 unspecified atom stereocenters. The maximum absolute atomic E-state index is 16.4. The van der Waals surface area contributed by atoms with E-state index in [1.54, 1.807) is 0 Å². The molecular weight excluding hydrogens is 597 g/mol. The average molecular weight is 631 g/mol. The van der Waals surface area contributed by atoms with Gasteiger partial charge in [0.1, 0.15) is 7.14 Å². The van der Waals surface area contributed by atoms with Crippen molar-refractivity contribution in [1.82, 2.24) is 0 Å². The Hall–Kier alpha value is -3.99. The van der Waals surface area contributed by atoms with E-state index in [-0.39, 0.29) is 6.16 Å². The highest BCUT2D eigenvalue weighted by atomic mass is 31.2. The van der Waals surface area contributed by atoms with Gasteiger partial charge in [0, 0.05) is 38.0 Å². The van der Waals surface area contributed by atoms with Gasteiger partial charge in [0.05, 0.1) is 5.40 Å². The fraction of sp³-hybridized carbons (Fsp3) is 0.0526. The Morgan fingerprint density at radius 3 is 0.750 bits per heavy atom. The van der Waals surface area contributed by atoms with Crippen molar-refractivity contribution in [2.45, 2.75) is 5.40 Å². The molecule has 6 aromatic rings. The first kappa shape index (κ1) is 30.1. The standard InChI is InChI=1S/C38H33O3P3/c39-42(32-19-7-1-8-20-32,33-21-9-2-10-22-33)31-38(43(40,34-23-11-3-12-24-34)35-25-13-4-14-26-35)44(41,36-27-15-5-16-28-36)37-29-17-6-18-30-37/h1-30,38H,31H2. The van der Waals surface area contributed by atoms with Gasteiger partial charge in [-0.1, -0.05) is 182 Å². The number of benzene rings is 6. The third kappa shape index (κ3) is 5.53. The van der Waals surface area contributed by atoms with Gasteiger partial charge < -0.3 is 13.7 Å². The van der Waals surface area contributed by atoms with Crippen molar-refractivity contribution in [3.63, 3.8) is 0 Å². The van der Waals surface area contributed by atoms with E-state index in [0.717, 1.165) is 0 Å². The van der Waals surface area contributed by atoms with Crippen molar-refractivity contribution in [2.75, 3.05) is 6.16 Å². The molecule has 0 radical (unpaired) electrons. The third-order valence-corrected chi connectivity index (χ3v) is 20.1. The van der Waals surface area contributed by atoms with Crippen LogP contribution >= 0.6 is 21.4 Å². The minimum Gasteiger partial charge on any atom is -0.314 e. The van der Waals surface area contributed by atoms with Crippen molar-refractivity contribution in [3.8, 4) is 0 Å². The van der Waals surface area contributed by atoms with Crippen LogP contribution < -0.4 is 31.8 Å². The van der Waals surface area contributed by atoms with Crippen LogP contribution in [0.15, 0.2) is 182 Å². The van der Waals surface area contributed by atoms with Crippen LogP contribution in [0, 0.1) is 0 Å². The molecule has 0 spiro atoms. The number of hydrogen-bond donors (Lipinski definition) is 0. The zero-order valence-corrected chi connectivity index (χ0v) is 26.9. The molecule has 0 amide bonds. The van der Waals surface area contributed by atoms with E-state index in [2.05, 4.69) is 0 Å². The largest absolute Gasteiger partial charge is 0.314 e. The second-order valence-corrected chi connectivity index (χ2v) is 20.0. The van der Waals surface area contributed by atoms with E-state index in [4.69, 9.17) is 0 Å². The fourth-order valence-corrected chi connectivity index (χ4v) is 19.5. The molecule has 0 saturated heterocycles. The minimum atomic E-state index is -3.76. The van der Waals surface area contributed by atoms with Gasteiger partial charge in [-0.3, -0.25) is 0 Å². The molecule has 0 atom stereocenters. The number of hydrogen-bond acceptors (Lipinski definition) is 3. The predicted molar refractivity (Wildman–Crippen MR) is 188 cm³/mol. The topological polar surface area (TPSA) is 51.2 Å². The molecule has 6 heteroatoms. The molecule has 3 nitrogen and oxygen atoms in total. The summed E-state index contributed by atoms with van der Waals surface area (Å²) in [7, 11) is -11.0. The normalized spacial score (nSPS) is 12.2. The van der Waals surface area contributed by atoms with E-state index in [0.29, 0.717) is 31.8 Å². The molecular formula is C38H33O3P3. The highest BCUT2D eigenvalue weighted by Gasteiger charge is 2.52. The molecule has 0 aliphatic rings. The summed E-state index contributed by atoms with van der Waals surface area (Å²) in [5.41, 5.74) is 0. The van der Waals surface area contributed by atoms with Crippen LogP contribution in [-0.4, -0.2) is 11.6 Å². The van der Waals surface area contributed by atoms with Crippen molar-refractivity contribution < 1.29 is 13.7 Å². The molecule has 0 aliphatic carbocycles. The maximum Gasteiger partial charge on any atom is 0.154 e. The van der Waals surface area contributed by atoms with Gasteiger partial charge in [0.2, 0.25) is 0 Å². The van der Waals surface area contributed by atoms with Crippen LogP contribution in [0.4, 0.5) is 0 Å². The van der Waals surface area contributed by atoms with Crippen LogP contribution in [-0.2, 0) is 13.7 Å². The zero-order chi connectivity index (χ0) is 30.5. The van der Waals surface area contributed by atoms with Crippen molar-refractivity contribution in [3.05, 3.63) is 182 Å². The first-order chi connectivity index (χ1) is 21.5. The minimum absolute atomic E-state index is 0.0524. The van der Waals surface area contributed by atoms with Crippen molar-refractivity contribution >= 4 is 53.3 Å². The second-order valence-electron chi connectivity index (χ2n) is 10.7. The average Bonchev–Trinajstić information content (AvgIpc) is 3.12. The summed E-state index contributed by atoms with van der Waals surface area (Å²) in [4.78, 5) is 0. The van der Waals surface area contributed by atoms with E-state index >= 15 is 13.7 Å². The summed E-state index contributed by atoms with van der Waals surface area (Å²) in [5.74, 6) is 0. The summed E-state index contributed by atoms with van der Waals surface area (Å²) < 4.78 is 48.5. The third-order valence-electron chi connectivity index (χ3n) is 8.17. The van der Waals surface area contributed by atoms with Gasteiger partial charge in [0.15, 0.2) is 14.3 Å². The lowest BCUT2D eigenvalue weighted by Crippen LogP contribution is -2.37. The molecule has 0 N–H and O–H groups in total. The maximum atomic E-state index is 16.4. The Kier molecular flexibility index (Phi) is 8.83. The molecule has 0 heterocycles. The molecule has 0 fully saturated rings. The molecule has 0 saturated carbocycles. The van der Waals surface area contributed by atoms with E-state index in [1.807, 2.05) is 182 Å². The lowest BCUT2D eigenvalue weighted by molar-refractivity contribution is 0.570. The highest BCUT2D eigenvalue weighted by molar-refractivity contribution is 7.96. The summed E-state index contributed by atoms with van der Waals surface area (Å²) in [6.07, 6.45) is -0.0524. The SMILES string of the molecule is O=P(CC(P(=O)(c1ccccc1)c1ccccc1)P(=O)(c1ccccc1)c1ccccc1)(c1ccccc1)c1ccccc1. The Morgan fingerprint density at radius 2 is 0.523 bits per heavy atom. The molecule has 218 valence electrons. The monoisotopic (exact) mass is 630 g/mol. The second kappa shape index (κ2) is 12.9. The summed E-state index contributed by atoms with van der Waals surface area (Å²) in [6.45, 7) is 0. The van der Waals surface area contributed by atoms with E-state index < -0.39 is 26.8 Å². The van der Waals surface area contributed by atoms with Crippen LogP contribution in [0.1, 0.15) is 0 Å². The molecule has 6 rings (SSSR count). The Balaban J connectivity index is 1.73. The molecule has 0 aliphatic heterocycles. The molecule has 44 heavy (non-hydrogen) atoms. The van der Waals surface area contributed by atoms with Gasteiger partial charge in [0.25, 0.3) is 0 Å². The lowest BCUT2D eigenvalue weighted by Gasteiger charge is -2.37. The van der Waals surface area contributed by atoms with Crippen molar-refractivity contribution in [2.24, 2.45) is 0 Å². The van der Waals surface area contributed by atoms with E-state index in [1.165, 1.54) is 0 Å². The smallest absolute Gasteiger partial charge is 0.154 e. The van der Waals surface area contributed by atoms with Gasteiger partial charge in [-0.25, -0.2) is 0 Å². The fourth-order valence-electron chi connectivity index (χ4n) is 5.97. The molecule has 6 aromatic carbocycles. The lowest BCUT2D eigenvalue weighted by atomic mass is 10.4. The zero-order valence-electron chi connectivity index (χ0n) is 24.2. The van der Waals surface area contributed by atoms with Gasteiger partial charge in [-0.05, 0) is 0 Å².